The predicted molar refractivity (Wildman–Crippen MR) is 75.7 cm³/mol. The van der Waals surface area contributed by atoms with Gasteiger partial charge in [0.1, 0.15) is 5.82 Å². The van der Waals surface area contributed by atoms with E-state index < -0.39 is 0 Å². The molecule has 106 valence electrons. The SMILES string of the molecule is CC(C)COCCCNC1CCc2c(F)cccc21. The monoisotopic (exact) mass is 265 g/mol. The van der Waals surface area contributed by atoms with E-state index >= 15 is 0 Å². The van der Waals surface area contributed by atoms with E-state index in [9.17, 15) is 4.39 Å². The number of rotatable bonds is 7. The number of halogens is 1. The van der Waals surface area contributed by atoms with Gasteiger partial charge in [-0.2, -0.15) is 0 Å². The summed E-state index contributed by atoms with van der Waals surface area (Å²) in [6, 6.07) is 5.72. The van der Waals surface area contributed by atoms with Gasteiger partial charge in [0.2, 0.25) is 0 Å². The zero-order valence-electron chi connectivity index (χ0n) is 11.9. The molecule has 0 radical (unpaired) electrons. The van der Waals surface area contributed by atoms with Crippen molar-refractivity contribution in [3.63, 3.8) is 0 Å². The Morgan fingerprint density at radius 1 is 1.42 bits per heavy atom. The first-order valence-corrected chi connectivity index (χ1v) is 7.27. The summed E-state index contributed by atoms with van der Waals surface area (Å²) in [5.41, 5.74) is 2.04. The smallest absolute Gasteiger partial charge is 0.126 e. The Hall–Kier alpha value is -0.930. The number of nitrogens with one attached hydrogen (secondary N) is 1. The lowest BCUT2D eigenvalue weighted by molar-refractivity contribution is 0.107. The molecule has 19 heavy (non-hydrogen) atoms. The van der Waals surface area contributed by atoms with Crippen LogP contribution in [-0.4, -0.2) is 19.8 Å². The molecule has 3 heteroatoms. The molecule has 0 aromatic heterocycles. The third kappa shape index (κ3) is 4.02. The third-order valence-electron chi connectivity index (χ3n) is 3.52. The molecule has 1 aliphatic rings. The highest BCUT2D eigenvalue weighted by molar-refractivity contribution is 5.35. The molecule has 0 amide bonds. The fraction of sp³-hybridized carbons (Fsp3) is 0.625. The number of fused-ring (bicyclic) bond motifs is 1. The standard InChI is InChI=1S/C16H24FNO/c1-12(2)11-19-10-4-9-18-16-8-7-13-14(16)5-3-6-15(13)17/h3,5-6,12,16,18H,4,7-11H2,1-2H3. The maximum Gasteiger partial charge on any atom is 0.126 e. The van der Waals surface area contributed by atoms with Gasteiger partial charge in [-0.15, -0.1) is 0 Å². The summed E-state index contributed by atoms with van der Waals surface area (Å²) >= 11 is 0. The van der Waals surface area contributed by atoms with E-state index in [2.05, 4.69) is 19.2 Å². The lowest BCUT2D eigenvalue weighted by atomic mass is 10.1. The highest BCUT2D eigenvalue weighted by atomic mass is 19.1. The van der Waals surface area contributed by atoms with E-state index in [1.165, 1.54) is 0 Å². The highest BCUT2D eigenvalue weighted by Crippen LogP contribution is 2.32. The summed E-state index contributed by atoms with van der Waals surface area (Å²) in [5, 5.41) is 3.51. The molecule has 0 spiro atoms. The topological polar surface area (TPSA) is 21.3 Å². The molecule has 1 aliphatic carbocycles. The van der Waals surface area contributed by atoms with Crippen LogP contribution in [0.15, 0.2) is 18.2 Å². The second-order valence-electron chi connectivity index (χ2n) is 5.68. The first kappa shape index (κ1) is 14.5. The lowest BCUT2D eigenvalue weighted by Gasteiger charge is -2.14. The molecule has 1 unspecified atom stereocenters. The fourth-order valence-electron chi connectivity index (χ4n) is 2.59. The average Bonchev–Trinajstić information content (AvgIpc) is 2.78. The summed E-state index contributed by atoms with van der Waals surface area (Å²) < 4.78 is 19.1. The second-order valence-corrected chi connectivity index (χ2v) is 5.68. The van der Waals surface area contributed by atoms with Gasteiger partial charge in [0.15, 0.2) is 0 Å². The summed E-state index contributed by atoms with van der Waals surface area (Å²) in [4.78, 5) is 0. The molecular formula is C16H24FNO. The van der Waals surface area contributed by atoms with Crippen LogP contribution in [-0.2, 0) is 11.2 Å². The summed E-state index contributed by atoms with van der Waals surface area (Å²) in [5.74, 6) is 0.541. The largest absolute Gasteiger partial charge is 0.381 e. The van der Waals surface area contributed by atoms with Crippen LogP contribution in [0.2, 0.25) is 0 Å². The molecule has 0 saturated heterocycles. The van der Waals surface area contributed by atoms with Gasteiger partial charge in [-0.3, -0.25) is 0 Å². The normalized spacial score (nSPS) is 18.0. The summed E-state index contributed by atoms with van der Waals surface area (Å²) in [6.07, 6.45) is 2.86. The molecule has 1 atom stereocenters. The molecule has 1 aromatic rings. The Morgan fingerprint density at radius 3 is 3.05 bits per heavy atom. The van der Waals surface area contributed by atoms with E-state index in [4.69, 9.17) is 4.74 Å². The van der Waals surface area contributed by atoms with Gasteiger partial charge in [0, 0.05) is 19.3 Å². The third-order valence-corrected chi connectivity index (χ3v) is 3.52. The van der Waals surface area contributed by atoms with Gasteiger partial charge in [-0.1, -0.05) is 26.0 Å². The maximum absolute atomic E-state index is 13.6. The van der Waals surface area contributed by atoms with E-state index in [1.54, 1.807) is 12.1 Å². The molecular weight excluding hydrogens is 241 g/mol. The Bertz CT molecular complexity index is 406. The van der Waals surface area contributed by atoms with Crippen LogP contribution in [0.5, 0.6) is 0 Å². The van der Waals surface area contributed by atoms with E-state index in [0.717, 1.165) is 50.1 Å². The molecule has 0 aliphatic heterocycles. The van der Waals surface area contributed by atoms with Crippen molar-refractivity contribution in [3.8, 4) is 0 Å². The zero-order chi connectivity index (χ0) is 13.7. The van der Waals surface area contributed by atoms with Crippen LogP contribution < -0.4 is 5.32 Å². The van der Waals surface area contributed by atoms with Crippen LogP contribution in [0, 0.1) is 11.7 Å². The van der Waals surface area contributed by atoms with Gasteiger partial charge < -0.3 is 10.1 Å². The number of hydrogen-bond acceptors (Lipinski definition) is 2. The Kier molecular flexibility index (Phi) is 5.34. The first-order chi connectivity index (χ1) is 9.18. The molecule has 0 heterocycles. The zero-order valence-corrected chi connectivity index (χ0v) is 11.9. The van der Waals surface area contributed by atoms with Gasteiger partial charge in [0.05, 0.1) is 0 Å². The molecule has 2 rings (SSSR count). The van der Waals surface area contributed by atoms with Crippen molar-refractivity contribution in [1.29, 1.82) is 0 Å². The van der Waals surface area contributed by atoms with Gasteiger partial charge in [-0.25, -0.2) is 4.39 Å². The molecule has 2 nitrogen and oxygen atoms in total. The van der Waals surface area contributed by atoms with Crippen LogP contribution in [0.4, 0.5) is 4.39 Å². The van der Waals surface area contributed by atoms with Crippen LogP contribution >= 0.6 is 0 Å². The van der Waals surface area contributed by atoms with Crippen molar-refractivity contribution in [2.24, 2.45) is 5.92 Å². The van der Waals surface area contributed by atoms with Crippen molar-refractivity contribution in [2.75, 3.05) is 19.8 Å². The molecule has 0 saturated carbocycles. The van der Waals surface area contributed by atoms with Crippen LogP contribution in [0.25, 0.3) is 0 Å². The summed E-state index contributed by atoms with van der Waals surface area (Å²) in [6.45, 7) is 6.87. The van der Waals surface area contributed by atoms with Crippen molar-refractivity contribution in [3.05, 3.63) is 35.1 Å². The number of hydrogen-bond donors (Lipinski definition) is 1. The lowest BCUT2D eigenvalue weighted by Crippen LogP contribution is -2.21. The molecule has 0 fully saturated rings. The van der Waals surface area contributed by atoms with Crippen LogP contribution in [0.3, 0.4) is 0 Å². The Balaban J connectivity index is 1.70. The average molecular weight is 265 g/mol. The van der Waals surface area contributed by atoms with Crippen molar-refractivity contribution < 1.29 is 9.13 Å². The van der Waals surface area contributed by atoms with Crippen molar-refractivity contribution in [2.45, 2.75) is 39.2 Å². The number of benzene rings is 1. The quantitative estimate of drug-likeness (QED) is 0.762. The molecule has 1 aromatic carbocycles. The minimum Gasteiger partial charge on any atom is -0.381 e. The van der Waals surface area contributed by atoms with Gasteiger partial charge in [-0.05, 0) is 48.9 Å². The second kappa shape index (κ2) is 7.01. The minimum absolute atomic E-state index is 0.0536. The van der Waals surface area contributed by atoms with E-state index in [0.29, 0.717) is 12.0 Å². The van der Waals surface area contributed by atoms with Gasteiger partial charge >= 0.3 is 0 Å². The number of ether oxygens (including phenoxy) is 1. The summed E-state index contributed by atoms with van der Waals surface area (Å²) in [7, 11) is 0. The van der Waals surface area contributed by atoms with Crippen molar-refractivity contribution in [1.82, 2.24) is 5.32 Å². The maximum atomic E-state index is 13.6. The van der Waals surface area contributed by atoms with Gasteiger partial charge in [0.25, 0.3) is 0 Å². The molecule has 1 N–H and O–H groups in total. The highest BCUT2D eigenvalue weighted by Gasteiger charge is 2.23. The Morgan fingerprint density at radius 2 is 2.26 bits per heavy atom. The van der Waals surface area contributed by atoms with E-state index in [-0.39, 0.29) is 5.82 Å². The Labute approximate surface area is 115 Å². The minimum atomic E-state index is -0.0536. The predicted octanol–water partition coefficient (Wildman–Crippen LogP) is 3.47. The van der Waals surface area contributed by atoms with Crippen LogP contribution in [0.1, 0.15) is 43.9 Å². The van der Waals surface area contributed by atoms with E-state index in [1.807, 2.05) is 6.07 Å². The molecule has 0 bridgehead atoms. The van der Waals surface area contributed by atoms with Crippen molar-refractivity contribution >= 4 is 0 Å². The fourth-order valence-corrected chi connectivity index (χ4v) is 2.59. The first-order valence-electron chi connectivity index (χ1n) is 7.27.